The molecule has 3 rings (SSSR count). The number of aromatic nitrogens is 4. The summed E-state index contributed by atoms with van der Waals surface area (Å²) in [6.07, 6.45) is 3.07. The van der Waals surface area contributed by atoms with E-state index in [1.807, 2.05) is 0 Å². The first-order valence-electron chi connectivity index (χ1n) is 7.21. The number of hydrogen-bond acceptors (Lipinski definition) is 3. The fraction of sp³-hybridized carbons (Fsp3) is 0.188. The van der Waals surface area contributed by atoms with E-state index in [1.165, 1.54) is 18.3 Å². The molecule has 2 heterocycles. The van der Waals surface area contributed by atoms with Gasteiger partial charge in [-0.2, -0.15) is 10.2 Å². The van der Waals surface area contributed by atoms with Crippen LogP contribution in [0.1, 0.15) is 21.6 Å². The molecule has 0 aliphatic rings. The third-order valence-electron chi connectivity index (χ3n) is 3.66. The number of nitrogens with zero attached hydrogens (tertiary/aromatic N) is 4. The monoisotopic (exact) mass is 347 g/mol. The molecule has 0 saturated heterocycles. The first-order valence-corrected chi connectivity index (χ1v) is 7.59. The van der Waals surface area contributed by atoms with Gasteiger partial charge in [0.15, 0.2) is 5.82 Å². The van der Waals surface area contributed by atoms with E-state index in [1.54, 1.807) is 41.7 Å². The molecular formula is C16H15ClFN5O. The largest absolute Gasteiger partial charge is 0.304 e. The highest BCUT2D eigenvalue weighted by Crippen LogP contribution is 2.21. The molecule has 0 fully saturated rings. The summed E-state index contributed by atoms with van der Waals surface area (Å²) < 4.78 is 16.4. The SMILES string of the molecule is Cc1c(C(=O)Nc2nn(Cc3cccc(F)c3)cc2Cl)cnn1C. The molecule has 0 radical (unpaired) electrons. The van der Waals surface area contributed by atoms with Gasteiger partial charge in [-0.25, -0.2) is 4.39 Å². The van der Waals surface area contributed by atoms with Crippen LogP contribution >= 0.6 is 11.6 Å². The van der Waals surface area contributed by atoms with Gasteiger partial charge in [-0.15, -0.1) is 0 Å². The van der Waals surface area contributed by atoms with Crippen molar-refractivity contribution in [3.05, 3.63) is 64.3 Å². The van der Waals surface area contributed by atoms with Crippen molar-refractivity contribution in [2.75, 3.05) is 5.32 Å². The van der Waals surface area contributed by atoms with Crippen LogP contribution in [0.3, 0.4) is 0 Å². The first kappa shape index (κ1) is 16.2. The quantitative estimate of drug-likeness (QED) is 0.789. The van der Waals surface area contributed by atoms with Crippen molar-refractivity contribution in [3.8, 4) is 0 Å². The van der Waals surface area contributed by atoms with E-state index in [0.29, 0.717) is 17.1 Å². The molecule has 6 nitrogen and oxygen atoms in total. The zero-order valence-electron chi connectivity index (χ0n) is 13.1. The van der Waals surface area contributed by atoms with Crippen molar-refractivity contribution in [3.63, 3.8) is 0 Å². The second-order valence-corrected chi connectivity index (χ2v) is 5.78. The third kappa shape index (κ3) is 3.30. The van der Waals surface area contributed by atoms with Crippen LogP contribution in [-0.4, -0.2) is 25.5 Å². The highest BCUT2D eigenvalue weighted by Gasteiger charge is 2.16. The van der Waals surface area contributed by atoms with Gasteiger partial charge >= 0.3 is 0 Å². The average molecular weight is 348 g/mol. The van der Waals surface area contributed by atoms with Gasteiger partial charge in [-0.1, -0.05) is 23.7 Å². The minimum absolute atomic E-state index is 0.251. The van der Waals surface area contributed by atoms with Gasteiger partial charge in [-0.05, 0) is 24.6 Å². The smallest absolute Gasteiger partial charge is 0.260 e. The summed E-state index contributed by atoms with van der Waals surface area (Å²) in [7, 11) is 1.76. The summed E-state index contributed by atoms with van der Waals surface area (Å²) in [6.45, 7) is 2.14. The summed E-state index contributed by atoms with van der Waals surface area (Å²) in [5.41, 5.74) is 1.94. The molecule has 1 N–H and O–H groups in total. The molecule has 8 heteroatoms. The lowest BCUT2D eigenvalue weighted by Crippen LogP contribution is -2.14. The van der Waals surface area contributed by atoms with E-state index >= 15 is 0 Å². The van der Waals surface area contributed by atoms with E-state index in [9.17, 15) is 9.18 Å². The predicted octanol–water partition coefficient (Wildman–Crippen LogP) is 3.02. The van der Waals surface area contributed by atoms with Crippen molar-refractivity contribution >= 4 is 23.3 Å². The molecule has 1 aromatic carbocycles. The number of rotatable bonds is 4. The van der Waals surface area contributed by atoms with Crippen LogP contribution in [0.2, 0.25) is 5.02 Å². The van der Waals surface area contributed by atoms with Crippen LogP contribution in [0, 0.1) is 12.7 Å². The van der Waals surface area contributed by atoms with E-state index in [0.717, 1.165) is 11.3 Å². The van der Waals surface area contributed by atoms with Crippen LogP contribution in [0.4, 0.5) is 10.2 Å². The number of carbonyl (C=O) groups is 1. The second kappa shape index (κ2) is 6.45. The molecular weight excluding hydrogens is 333 g/mol. The number of anilines is 1. The van der Waals surface area contributed by atoms with Crippen molar-refractivity contribution < 1.29 is 9.18 Å². The number of hydrogen-bond donors (Lipinski definition) is 1. The van der Waals surface area contributed by atoms with Crippen molar-refractivity contribution in [2.45, 2.75) is 13.5 Å². The number of halogens is 2. The zero-order valence-corrected chi connectivity index (χ0v) is 13.9. The lowest BCUT2D eigenvalue weighted by molar-refractivity contribution is 0.102. The topological polar surface area (TPSA) is 64.7 Å². The number of nitrogens with one attached hydrogen (secondary N) is 1. The van der Waals surface area contributed by atoms with Gasteiger partial charge in [0, 0.05) is 18.9 Å². The Labute approximate surface area is 142 Å². The summed E-state index contributed by atoms with van der Waals surface area (Å²) in [5.74, 6) is -0.397. The fourth-order valence-electron chi connectivity index (χ4n) is 2.28. The lowest BCUT2D eigenvalue weighted by Gasteiger charge is -2.03. The molecule has 0 bridgehead atoms. The Hall–Kier alpha value is -2.67. The number of aryl methyl sites for hydroxylation is 1. The maximum Gasteiger partial charge on any atom is 0.260 e. The Morgan fingerprint density at radius 1 is 1.42 bits per heavy atom. The number of amides is 1. The fourth-order valence-corrected chi connectivity index (χ4v) is 2.48. The molecule has 0 spiro atoms. The van der Waals surface area contributed by atoms with Gasteiger partial charge in [0.2, 0.25) is 0 Å². The number of carbonyl (C=O) groups excluding carboxylic acids is 1. The molecule has 3 aromatic rings. The molecule has 0 aliphatic carbocycles. The Bertz CT molecular complexity index is 902. The Morgan fingerprint density at radius 3 is 2.88 bits per heavy atom. The molecule has 0 aliphatic heterocycles. The molecule has 0 unspecified atom stereocenters. The normalized spacial score (nSPS) is 10.8. The van der Waals surface area contributed by atoms with E-state index in [-0.39, 0.29) is 17.5 Å². The van der Waals surface area contributed by atoms with E-state index in [4.69, 9.17) is 11.6 Å². The van der Waals surface area contributed by atoms with Crippen LogP contribution in [-0.2, 0) is 13.6 Å². The Kier molecular flexibility index (Phi) is 4.35. The van der Waals surface area contributed by atoms with Crippen molar-refractivity contribution in [1.82, 2.24) is 19.6 Å². The highest BCUT2D eigenvalue weighted by molar-refractivity contribution is 6.33. The Balaban J connectivity index is 1.77. The van der Waals surface area contributed by atoms with Crippen molar-refractivity contribution in [2.24, 2.45) is 7.05 Å². The predicted molar refractivity (Wildman–Crippen MR) is 88.6 cm³/mol. The van der Waals surface area contributed by atoms with Gasteiger partial charge < -0.3 is 5.32 Å². The zero-order chi connectivity index (χ0) is 17.3. The van der Waals surface area contributed by atoms with Crippen molar-refractivity contribution in [1.29, 1.82) is 0 Å². The van der Waals surface area contributed by atoms with E-state index < -0.39 is 0 Å². The maximum atomic E-state index is 13.2. The van der Waals surface area contributed by atoms with Crippen LogP contribution in [0.15, 0.2) is 36.7 Å². The number of benzene rings is 1. The minimum atomic E-state index is -0.335. The minimum Gasteiger partial charge on any atom is -0.304 e. The maximum absolute atomic E-state index is 13.2. The summed E-state index contributed by atoms with van der Waals surface area (Å²) >= 11 is 6.13. The van der Waals surface area contributed by atoms with E-state index in [2.05, 4.69) is 15.5 Å². The molecule has 2 aromatic heterocycles. The van der Waals surface area contributed by atoms with Crippen LogP contribution in [0.25, 0.3) is 0 Å². The molecule has 0 atom stereocenters. The summed E-state index contributed by atoms with van der Waals surface area (Å²) in [4.78, 5) is 12.3. The standard InChI is InChI=1S/C16H15ClFN5O/c1-10-13(7-19-22(10)2)16(24)20-15-14(17)9-23(21-15)8-11-4-3-5-12(18)6-11/h3-7,9H,8H2,1-2H3,(H,20,21,24). The van der Waals surface area contributed by atoms with Crippen LogP contribution in [0.5, 0.6) is 0 Å². The third-order valence-corrected chi connectivity index (χ3v) is 3.94. The van der Waals surface area contributed by atoms with Gasteiger partial charge in [-0.3, -0.25) is 14.2 Å². The summed E-state index contributed by atoms with van der Waals surface area (Å²) in [6, 6.07) is 6.22. The molecule has 24 heavy (non-hydrogen) atoms. The van der Waals surface area contributed by atoms with Gasteiger partial charge in [0.25, 0.3) is 5.91 Å². The molecule has 0 saturated carbocycles. The lowest BCUT2D eigenvalue weighted by atomic mass is 10.2. The summed E-state index contributed by atoms with van der Waals surface area (Å²) in [5, 5.41) is 11.2. The molecule has 124 valence electrons. The second-order valence-electron chi connectivity index (χ2n) is 5.37. The molecule has 1 amide bonds. The highest BCUT2D eigenvalue weighted by atomic mass is 35.5. The van der Waals surface area contributed by atoms with Gasteiger partial charge in [0.05, 0.1) is 18.3 Å². The van der Waals surface area contributed by atoms with Gasteiger partial charge in [0.1, 0.15) is 10.8 Å². The average Bonchev–Trinajstić information content (AvgIpc) is 3.03. The Morgan fingerprint density at radius 2 is 2.21 bits per heavy atom. The first-order chi connectivity index (χ1) is 11.4. The van der Waals surface area contributed by atoms with Crippen LogP contribution < -0.4 is 5.32 Å².